The van der Waals surface area contributed by atoms with Gasteiger partial charge in [-0.25, -0.2) is 4.39 Å². The molecule has 0 aromatic heterocycles. The standard InChI is InChI=1S/C19H12BrF/c1-3-16-12(2)18(10-13-4-6-14(20)7-5-13)17-9-8-15(21)11-19(16)17/h1,4-11H,2H3. The molecule has 0 nitrogen and oxygen atoms in total. The van der Waals surface area contributed by atoms with Crippen LogP contribution < -0.4 is 0 Å². The molecule has 1 aliphatic carbocycles. The molecule has 0 spiro atoms. The van der Waals surface area contributed by atoms with E-state index in [0.29, 0.717) is 0 Å². The first-order valence-electron chi connectivity index (χ1n) is 6.55. The lowest BCUT2D eigenvalue weighted by molar-refractivity contribution is 0.627. The average molecular weight is 339 g/mol. The number of allylic oxidation sites excluding steroid dienone is 3. The van der Waals surface area contributed by atoms with Gasteiger partial charge in [0.05, 0.1) is 0 Å². The van der Waals surface area contributed by atoms with E-state index in [-0.39, 0.29) is 5.82 Å². The van der Waals surface area contributed by atoms with Gasteiger partial charge in [-0.05, 0) is 59.5 Å². The van der Waals surface area contributed by atoms with Crippen molar-refractivity contribution >= 4 is 33.2 Å². The van der Waals surface area contributed by atoms with Crippen LogP contribution in [0.5, 0.6) is 0 Å². The Balaban J connectivity index is 2.18. The molecule has 2 aromatic carbocycles. The Morgan fingerprint density at radius 2 is 1.81 bits per heavy atom. The minimum absolute atomic E-state index is 0.265. The van der Waals surface area contributed by atoms with Crippen molar-refractivity contribution in [1.29, 1.82) is 0 Å². The van der Waals surface area contributed by atoms with Crippen molar-refractivity contribution in [2.75, 3.05) is 0 Å². The lowest BCUT2D eigenvalue weighted by Gasteiger charge is -2.04. The second kappa shape index (κ2) is 5.35. The number of benzene rings is 2. The molecule has 0 amide bonds. The number of rotatable bonds is 1. The molecule has 0 saturated carbocycles. The van der Waals surface area contributed by atoms with Crippen molar-refractivity contribution in [3.63, 3.8) is 0 Å². The quantitative estimate of drug-likeness (QED) is 0.598. The summed E-state index contributed by atoms with van der Waals surface area (Å²) in [4.78, 5) is 0. The summed E-state index contributed by atoms with van der Waals surface area (Å²) in [6, 6.07) is 12.8. The summed E-state index contributed by atoms with van der Waals surface area (Å²) in [6.45, 7) is 1.98. The lowest BCUT2D eigenvalue weighted by atomic mass is 10.0. The molecule has 0 heterocycles. The molecule has 102 valence electrons. The third-order valence-electron chi connectivity index (χ3n) is 3.65. The largest absolute Gasteiger partial charge is 0.207 e. The highest BCUT2D eigenvalue weighted by Gasteiger charge is 2.22. The number of terminal acetylenes is 1. The summed E-state index contributed by atoms with van der Waals surface area (Å²) >= 11 is 3.43. The first-order chi connectivity index (χ1) is 10.1. The van der Waals surface area contributed by atoms with Crippen LogP contribution in [0.1, 0.15) is 23.6 Å². The molecule has 3 rings (SSSR count). The van der Waals surface area contributed by atoms with Gasteiger partial charge in [0.25, 0.3) is 0 Å². The summed E-state index contributed by atoms with van der Waals surface area (Å²) in [5.41, 5.74) is 5.72. The van der Waals surface area contributed by atoms with Gasteiger partial charge in [0, 0.05) is 15.6 Å². The Kier molecular flexibility index (Phi) is 3.53. The third kappa shape index (κ3) is 2.46. The first kappa shape index (κ1) is 13.9. The fourth-order valence-electron chi connectivity index (χ4n) is 2.59. The molecule has 2 heteroatoms. The molecule has 0 bridgehead atoms. The van der Waals surface area contributed by atoms with Gasteiger partial charge in [0.15, 0.2) is 0 Å². The molecule has 0 N–H and O–H groups in total. The van der Waals surface area contributed by atoms with Crippen LogP contribution >= 0.6 is 15.9 Å². The summed E-state index contributed by atoms with van der Waals surface area (Å²) in [5.74, 6) is 2.42. The highest BCUT2D eigenvalue weighted by atomic mass is 79.9. The minimum atomic E-state index is -0.265. The van der Waals surface area contributed by atoms with E-state index in [9.17, 15) is 4.39 Å². The van der Waals surface area contributed by atoms with Crippen molar-refractivity contribution in [3.05, 3.63) is 75.0 Å². The van der Waals surface area contributed by atoms with Crippen molar-refractivity contribution in [2.45, 2.75) is 6.92 Å². The van der Waals surface area contributed by atoms with E-state index in [1.165, 1.54) is 12.1 Å². The Hall–Kier alpha value is -2.11. The highest BCUT2D eigenvalue weighted by molar-refractivity contribution is 9.10. The van der Waals surface area contributed by atoms with E-state index in [1.807, 2.05) is 31.2 Å². The van der Waals surface area contributed by atoms with Gasteiger partial charge in [-0.15, -0.1) is 6.42 Å². The van der Waals surface area contributed by atoms with E-state index in [2.05, 4.69) is 27.9 Å². The Morgan fingerprint density at radius 1 is 1.10 bits per heavy atom. The predicted octanol–water partition coefficient (Wildman–Crippen LogP) is 5.55. The summed E-state index contributed by atoms with van der Waals surface area (Å²) < 4.78 is 14.5. The smallest absolute Gasteiger partial charge is 0.123 e. The molecule has 1 aliphatic rings. The maximum Gasteiger partial charge on any atom is 0.123 e. The molecule has 0 unspecified atom stereocenters. The average Bonchev–Trinajstić information content (AvgIpc) is 2.73. The molecule has 21 heavy (non-hydrogen) atoms. The molecular weight excluding hydrogens is 327 g/mol. The van der Waals surface area contributed by atoms with Crippen LogP contribution in [0.2, 0.25) is 0 Å². The second-order valence-corrected chi connectivity index (χ2v) is 5.86. The number of hydrogen-bond acceptors (Lipinski definition) is 0. The van der Waals surface area contributed by atoms with Gasteiger partial charge in [0.2, 0.25) is 0 Å². The van der Waals surface area contributed by atoms with Crippen LogP contribution in [-0.2, 0) is 0 Å². The molecular formula is C19H12BrF. The van der Waals surface area contributed by atoms with Gasteiger partial charge in [-0.3, -0.25) is 0 Å². The second-order valence-electron chi connectivity index (χ2n) is 4.94. The summed E-state index contributed by atoms with van der Waals surface area (Å²) in [6.07, 6.45) is 7.69. The van der Waals surface area contributed by atoms with Gasteiger partial charge < -0.3 is 0 Å². The molecule has 0 radical (unpaired) electrons. The number of halogens is 2. The number of fused-ring (bicyclic) bond motifs is 1. The van der Waals surface area contributed by atoms with E-state index < -0.39 is 0 Å². The maximum absolute atomic E-state index is 13.5. The summed E-state index contributed by atoms with van der Waals surface area (Å²) in [7, 11) is 0. The van der Waals surface area contributed by atoms with E-state index in [1.54, 1.807) is 6.07 Å². The number of hydrogen-bond donors (Lipinski definition) is 0. The zero-order valence-corrected chi connectivity index (χ0v) is 13.0. The molecule has 0 aliphatic heterocycles. The Labute approximate surface area is 132 Å². The van der Waals surface area contributed by atoms with E-state index in [0.717, 1.165) is 37.9 Å². The van der Waals surface area contributed by atoms with Crippen LogP contribution in [-0.4, -0.2) is 0 Å². The van der Waals surface area contributed by atoms with Crippen LogP contribution in [0.3, 0.4) is 0 Å². The van der Waals surface area contributed by atoms with Crippen molar-refractivity contribution in [2.24, 2.45) is 0 Å². The Bertz CT molecular complexity index is 818. The van der Waals surface area contributed by atoms with Crippen LogP contribution in [0.25, 0.3) is 17.2 Å². The van der Waals surface area contributed by atoms with Crippen LogP contribution in [0.15, 0.2) is 52.5 Å². The normalized spacial score (nSPS) is 15.2. The zero-order chi connectivity index (χ0) is 15.0. The van der Waals surface area contributed by atoms with Crippen molar-refractivity contribution < 1.29 is 4.39 Å². The van der Waals surface area contributed by atoms with E-state index in [4.69, 9.17) is 6.42 Å². The Morgan fingerprint density at radius 3 is 2.48 bits per heavy atom. The zero-order valence-electron chi connectivity index (χ0n) is 11.5. The van der Waals surface area contributed by atoms with Crippen molar-refractivity contribution in [1.82, 2.24) is 0 Å². The van der Waals surface area contributed by atoms with Crippen molar-refractivity contribution in [3.8, 4) is 12.3 Å². The van der Waals surface area contributed by atoms with Gasteiger partial charge in [0.1, 0.15) is 5.82 Å². The fraction of sp³-hybridized carbons (Fsp3) is 0.0526. The maximum atomic E-state index is 13.5. The molecule has 0 fully saturated rings. The van der Waals surface area contributed by atoms with E-state index >= 15 is 0 Å². The molecule has 0 saturated heterocycles. The minimum Gasteiger partial charge on any atom is -0.207 e. The van der Waals surface area contributed by atoms with Gasteiger partial charge >= 0.3 is 0 Å². The van der Waals surface area contributed by atoms with Gasteiger partial charge in [-0.2, -0.15) is 0 Å². The highest BCUT2D eigenvalue weighted by Crippen LogP contribution is 2.41. The van der Waals surface area contributed by atoms with Crippen LogP contribution in [0.4, 0.5) is 4.39 Å². The van der Waals surface area contributed by atoms with Gasteiger partial charge in [-0.1, -0.05) is 40.0 Å². The lowest BCUT2D eigenvalue weighted by Crippen LogP contribution is -1.85. The monoisotopic (exact) mass is 338 g/mol. The fourth-order valence-corrected chi connectivity index (χ4v) is 2.86. The first-order valence-corrected chi connectivity index (χ1v) is 7.35. The third-order valence-corrected chi connectivity index (χ3v) is 4.17. The predicted molar refractivity (Wildman–Crippen MR) is 89.8 cm³/mol. The molecule has 0 atom stereocenters. The summed E-state index contributed by atoms with van der Waals surface area (Å²) in [5, 5.41) is 0. The van der Waals surface area contributed by atoms with Crippen LogP contribution in [0, 0.1) is 18.2 Å². The molecule has 2 aromatic rings. The SMILES string of the molecule is C#CC1=C(C)C(=Cc2ccc(Br)cc2)c2ccc(F)cc21. The topological polar surface area (TPSA) is 0 Å².